The highest BCUT2D eigenvalue weighted by Gasteiger charge is 2.18. The Bertz CT molecular complexity index is 990. The summed E-state index contributed by atoms with van der Waals surface area (Å²) in [6.07, 6.45) is 0. The van der Waals surface area contributed by atoms with Crippen LogP contribution in [-0.2, 0) is 4.79 Å². The van der Waals surface area contributed by atoms with Gasteiger partial charge < -0.3 is 10.4 Å². The number of carboxylic acid groups (broad SMARTS) is 1. The number of carbonyl (C=O) groups excluding carboxylic acids is 1. The average Bonchev–Trinajstić information content (AvgIpc) is 3.16. The van der Waals surface area contributed by atoms with E-state index in [1.807, 2.05) is 6.07 Å². The van der Waals surface area contributed by atoms with Crippen molar-refractivity contribution >= 4 is 35.0 Å². The van der Waals surface area contributed by atoms with Gasteiger partial charge in [0.15, 0.2) is 0 Å². The van der Waals surface area contributed by atoms with Crippen LogP contribution in [0.3, 0.4) is 0 Å². The number of benzene rings is 2. The van der Waals surface area contributed by atoms with Gasteiger partial charge in [-0.15, -0.1) is 10.0 Å². The number of rotatable bonds is 7. The van der Waals surface area contributed by atoms with E-state index in [1.165, 1.54) is 12.1 Å². The largest absolute Gasteiger partial charge is 0.481 e. The molecule has 0 atom stereocenters. The van der Waals surface area contributed by atoms with Gasteiger partial charge in [-0.3, -0.25) is 9.59 Å². The Morgan fingerprint density at radius 2 is 2.00 bits per heavy atom. The number of nitroso groups, excluding NO2 is 1. The zero-order valence-corrected chi connectivity index (χ0v) is 14.6. The minimum atomic E-state index is -0.968. The number of carboxylic acids is 1. The SMILES string of the molecule is O=Nc1cc(C(=O)Nc2ccccc2)cc(-c2[nH]nc(SCC(=O)O)[nH+]2)c1. The number of carbonyl (C=O) groups is 2. The van der Waals surface area contributed by atoms with Gasteiger partial charge in [0, 0.05) is 11.3 Å². The fourth-order valence-corrected chi connectivity index (χ4v) is 2.81. The van der Waals surface area contributed by atoms with E-state index in [-0.39, 0.29) is 17.0 Å². The van der Waals surface area contributed by atoms with E-state index in [4.69, 9.17) is 5.11 Å². The number of anilines is 1. The van der Waals surface area contributed by atoms with Gasteiger partial charge in [0.05, 0.1) is 10.7 Å². The lowest BCUT2D eigenvalue weighted by Crippen LogP contribution is -2.12. The van der Waals surface area contributed by atoms with Gasteiger partial charge in [-0.2, -0.15) is 0 Å². The van der Waals surface area contributed by atoms with Crippen LogP contribution in [0, 0.1) is 4.91 Å². The van der Waals surface area contributed by atoms with E-state index < -0.39 is 11.9 Å². The summed E-state index contributed by atoms with van der Waals surface area (Å²) >= 11 is 1.00. The van der Waals surface area contributed by atoms with Crippen molar-refractivity contribution in [1.82, 2.24) is 10.2 Å². The van der Waals surface area contributed by atoms with Gasteiger partial charge in [-0.25, -0.2) is 4.98 Å². The molecule has 1 amide bonds. The zero-order valence-electron chi connectivity index (χ0n) is 13.8. The second-order valence-corrected chi connectivity index (χ2v) is 6.36. The number of amides is 1. The molecule has 0 aliphatic carbocycles. The summed E-state index contributed by atoms with van der Waals surface area (Å²) < 4.78 is 0. The molecule has 4 N–H and O–H groups in total. The van der Waals surface area contributed by atoms with Crippen LogP contribution < -0.4 is 10.3 Å². The quantitative estimate of drug-likeness (QED) is 0.423. The lowest BCUT2D eigenvalue weighted by molar-refractivity contribution is -0.414. The fourth-order valence-electron chi connectivity index (χ4n) is 2.27. The molecule has 0 unspecified atom stereocenters. The topological polar surface area (TPSA) is 139 Å². The predicted molar refractivity (Wildman–Crippen MR) is 98.8 cm³/mol. The molecule has 0 saturated heterocycles. The van der Waals surface area contributed by atoms with E-state index in [1.54, 1.807) is 30.3 Å². The molecule has 2 aromatic carbocycles. The first-order valence-corrected chi connectivity index (χ1v) is 8.71. The summed E-state index contributed by atoms with van der Waals surface area (Å²) in [5.41, 5.74) is 1.43. The molecule has 27 heavy (non-hydrogen) atoms. The van der Waals surface area contributed by atoms with Crippen molar-refractivity contribution in [3.63, 3.8) is 0 Å². The van der Waals surface area contributed by atoms with Gasteiger partial charge in [0.25, 0.3) is 11.7 Å². The molecule has 1 heterocycles. The lowest BCUT2D eigenvalue weighted by Gasteiger charge is -2.06. The molecular weight excluding hydrogens is 370 g/mol. The second-order valence-electron chi connectivity index (χ2n) is 5.39. The second kappa shape index (κ2) is 8.23. The molecule has 0 radical (unpaired) electrons. The third-order valence-electron chi connectivity index (χ3n) is 3.44. The van der Waals surface area contributed by atoms with Crippen molar-refractivity contribution in [1.29, 1.82) is 0 Å². The molecule has 3 rings (SSSR count). The van der Waals surface area contributed by atoms with Crippen LogP contribution in [0.2, 0.25) is 0 Å². The van der Waals surface area contributed by atoms with Crippen molar-refractivity contribution in [2.75, 3.05) is 11.1 Å². The molecular formula is C17H14N5O4S+. The lowest BCUT2D eigenvalue weighted by atomic mass is 10.1. The van der Waals surface area contributed by atoms with Crippen LogP contribution in [-0.4, -0.2) is 32.9 Å². The Balaban J connectivity index is 1.86. The average molecular weight is 384 g/mol. The first kappa shape index (κ1) is 18.3. The van der Waals surface area contributed by atoms with Crippen molar-refractivity contribution in [3.8, 4) is 11.4 Å². The third kappa shape index (κ3) is 4.76. The number of thioether (sulfide) groups is 1. The smallest absolute Gasteiger partial charge is 0.335 e. The van der Waals surface area contributed by atoms with E-state index in [0.29, 0.717) is 22.2 Å². The van der Waals surface area contributed by atoms with Crippen LogP contribution in [0.4, 0.5) is 11.4 Å². The van der Waals surface area contributed by atoms with Gasteiger partial charge in [0.2, 0.25) is 0 Å². The van der Waals surface area contributed by atoms with E-state index in [9.17, 15) is 14.5 Å². The van der Waals surface area contributed by atoms with Crippen LogP contribution in [0.1, 0.15) is 10.4 Å². The Labute approximate surface area is 157 Å². The molecule has 136 valence electrons. The van der Waals surface area contributed by atoms with E-state index in [2.05, 4.69) is 25.7 Å². The monoisotopic (exact) mass is 384 g/mol. The van der Waals surface area contributed by atoms with Gasteiger partial charge >= 0.3 is 11.1 Å². The summed E-state index contributed by atoms with van der Waals surface area (Å²) in [5.74, 6) is -1.10. The number of aromatic nitrogens is 3. The Kier molecular flexibility index (Phi) is 5.57. The molecule has 9 nitrogen and oxygen atoms in total. The highest BCUT2D eigenvalue weighted by molar-refractivity contribution is 7.99. The van der Waals surface area contributed by atoms with Gasteiger partial charge in [-0.1, -0.05) is 18.2 Å². The highest BCUT2D eigenvalue weighted by Crippen LogP contribution is 2.24. The maximum atomic E-state index is 12.5. The molecule has 3 aromatic rings. The highest BCUT2D eigenvalue weighted by atomic mass is 32.2. The first-order chi connectivity index (χ1) is 13.0. The number of aliphatic carboxylic acids is 1. The van der Waals surface area contributed by atoms with Crippen LogP contribution in [0.15, 0.2) is 58.9 Å². The number of para-hydroxylation sites is 1. The fraction of sp³-hybridized carbons (Fsp3) is 0.0588. The number of hydrogen-bond acceptors (Lipinski definition) is 6. The summed E-state index contributed by atoms with van der Waals surface area (Å²) in [4.78, 5) is 37.1. The molecule has 1 aromatic heterocycles. The minimum Gasteiger partial charge on any atom is -0.481 e. The maximum Gasteiger partial charge on any atom is 0.335 e. The first-order valence-electron chi connectivity index (χ1n) is 7.72. The predicted octanol–water partition coefficient (Wildman–Crippen LogP) is 2.72. The molecule has 0 aliphatic rings. The van der Waals surface area contributed by atoms with Gasteiger partial charge in [0.1, 0.15) is 11.4 Å². The standard InChI is InChI=1S/C17H13N5O4S/c23-14(24)9-27-17-19-15(20-21-17)10-6-11(8-13(7-10)22-26)16(25)18-12-4-2-1-3-5-12/h1-8H,9H2,(H,18,25)(H,23,24)(H,19,20,21)/p+1. The number of hydrogen-bond donors (Lipinski definition) is 3. The molecule has 0 fully saturated rings. The van der Waals surface area contributed by atoms with Gasteiger partial charge in [-0.05, 0) is 47.3 Å². The number of nitrogens with one attached hydrogen (secondary N) is 3. The summed E-state index contributed by atoms with van der Waals surface area (Å²) in [5, 5.41) is 21.4. The Morgan fingerprint density at radius 3 is 2.70 bits per heavy atom. The van der Waals surface area contributed by atoms with Crippen molar-refractivity contribution in [3.05, 3.63) is 59.0 Å². The molecule has 0 spiro atoms. The number of aromatic amines is 2. The molecule has 10 heteroatoms. The zero-order chi connectivity index (χ0) is 19.2. The van der Waals surface area contributed by atoms with Crippen LogP contribution in [0.5, 0.6) is 0 Å². The number of nitrogens with zero attached hydrogens (tertiary/aromatic N) is 2. The van der Waals surface area contributed by atoms with Crippen LogP contribution in [0.25, 0.3) is 11.4 Å². The van der Waals surface area contributed by atoms with E-state index >= 15 is 0 Å². The molecule has 0 aliphatic heterocycles. The number of H-pyrrole nitrogens is 2. The maximum absolute atomic E-state index is 12.5. The Hall–Kier alpha value is -3.53. The Morgan fingerprint density at radius 1 is 1.22 bits per heavy atom. The molecule has 0 saturated carbocycles. The van der Waals surface area contributed by atoms with Crippen molar-refractivity contribution in [2.24, 2.45) is 5.18 Å². The van der Waals surface area contributed by atoms with E-state index in [0.717, 1.165) is 11.8 Å². The summed E-state index contributed by atoms with van der Waals surface area (Å²) in [6, 6.07) is 13.3. The summed E-state index contributed by atoms with van der Waals surface area (Å²) in [6.45, 7) is 0. The van der Waals surface area contributed by atoms with Crippen LogP contribution >= 0.6 is 11.8 Å². The summed E-state index contributed by atoms with van der Waals surface area (Å²) in [7, 11) is 0. The normalized spacial score (nSPS) is 10.4. The minimum absolute atomic E-state index is 0.0773. The van der Waals surface area contributed by atoms with Crippen molar-refractivity contribution in [2.45, 2.75) is 5.16 Å². The third-order valence-corrected chi connectivity index (χ3v) is 4.30. The molecule has 0 bridgehead atoms. The van der Waals surface area contributed by atoms with Crippen molar-refractivity contribution < 1.29 is 19.7 Å².